The van der Waals surface area contributed by atoms with Gasteiger partial charge in [-0.15, -0.1) is 34.0 Å². The number of rotatable bonds is 13. The summed E-state index contributed by atoms with van der Waals surface area (Å²) in [5, 5.41) is 24.3. The van der Waals surface area contributed by atoms with Gasteiger partial charge in [0, 0.05) is 89.7 Å². The average Bonchev–Trinajstić information content (AvgIpc) is 1.21. The number of halogens is 5. The highest BCUT2D eigenvalue weighted by Crippen LogP contribution is 2.41. The summed E-state index contributed by atoms with van der Waals surface area (Å²) in [6.07, 6.45) is 0.704. The number of fused-ring (bicyclic) bond motifs is 6. The molecular weight excluding hydrogens is 1510 g/mol. The Balaban J connectivity index is 0.000000130. The highest BCUT2D eigenvalue weighted by atomic mass is 79.9. The number of alkyl halides is 3. The number of pyridine rings is 3. The number of benzene rings is 12. The highest BCUT2D eigenvalue weighted by molar-refractivity contribution is 9.10. The van der Waals surface area contributed by atoms with E-state index in [0.717, 1.165) is 146 Å². The van der Waals surface area contributed by atoms with Gasteiger partial charge >= 0.3 is 12.2 Å². The number of anilines is 9. The number of aromatic nitrogens is 6. The molecule has 0 unspecified atom stereocenters. The van der Waals surface area contributed by atoms with Gasteiger partial charge in [0.15, 0.2) is 0 Å². The van der Waals surface area contributed by atoms with Crippen LogP contribution in [0.5, 0.6) is 0 Å². The summed E-state index contributed by atoms with van der Waals surface area (Å²) in [6.45, 7) is 6.29. The monoisotopic (exact) mass is 1570 g/mol. The van der Waals surface area contributed by atoms with Crippen LogP contribution in [0.3, 0.4) is 0 Å². The second kappa shape index (κ2) is 30.8. The molecule has 0 aliphatic carbocycles. The van der Waals surface area contributed by atoms with E-state index in [-0.39, 0.29) is 0 Å². The molecule has 0 atom stereocenters. The van der Waals surface area contributed by atoms with Gasteiger partial charge in [0.05, 0.1) is 41.9 Å². The number of hydrogen-bond acceptors (Lipinski definition) is 14. The fourth-order valence-corrected chi connectivity index (χ4v) is 16.6. The maximum atomic E-state index is 14.2. The molecule has 0 radical (unpaired) electrons. The third kappa shape index (κ3) is 15.8. The molecule has 538 valence electrons. The van der Waals surface area contributed by atoms with E-state index in [1.54, 1.807) is 58.4 Å². The Morgan fingerprint density at radius 1 is 0.391 bits per heavy atom. The van der Waals surface area contributed by atoms with Crippen molar-refractivity contribution >= 4 is 171 Å². The third-order valence-corrected chi connectivity index (χ3v) is 22.2. The Hall–Kier alpha value is -12.8. The van der Waals surface area contributed by atoms with Gasteiger partial charge in [-0.05, 0) is 246 Å². The second-order valence-electron chi connectivity index (χ2n) is 26.2. The molecule has 6 heterocycles. The Labute approximate surface area is 649 Å². The summed E-state index contributed by atoms with van der Waals surface area (Å²) < 4.78 is 58.1. The topological polar surface area (TPSA) is 181 Å². The van der Waals surface area contributed by atoms with Crippen LogP contribution in [-0.4, -0.2) is 35.9 Å². The normalized spacial score (nSPS) is 11.3. The van der Waals surface area contributed by atoms with Crippen molar-refractivity contribution in [3.8, 4) is 54.0 Å². The second-order valence-corrected chi connectivity index (χ2v) is 30.1. The zero-order chi connectivity index (χ0) is 75.6. The Kier molecular flexibility index (Phi) is 20.0. The van der Waals surface area contributed by atoms with Gasteiger partial charge in [0.25, 0.3) is 0 Å². The van der Waals surface area contributed by atoms with E-state index in [1.165, 1.54) is 26.1 Å². The molecule has 0 spiro atoms. The number of thiazole rings is 3. The van der Waals surface area contributed by atoms with E-state index in [0.29, 0.717) is 29.7 Å². The number of carbonyl (C=O) groups excluding carboxylic acids is 1. The first kappa shape index (κ1) is 71.5. The molecule has 12 aromatic carbocycles. The van der Waals surface area contributed by atoms with Crippen LogP contribution in [0.2, 0.25) is 0 Å². The van der Waals surface area contributed by atoms with E-state index in [1.807, 2.05) is 109 Å². The minimum absolute atomic E-state index is 0.366. The lowest BCUT2D eigenvalue weighted by Crippen LogP contribution is -2.20. The first-order chi connectivity index (χ1) is 53.4. The molecule has 0 saturated heterocycles. The Morgan fingerprint density at radius 2 is 0.800 bits per heavy atom. The lowest BCUT2D eigenvalue weighted by atomic mass is 9.98. The molecule has 21 heteroatoms. The van der Waals surface area contributed by atoms with E-state index in [2.05, 4.69) is 212 Å². The zero-order valence-corrected chi connectivity index (χ0v) is 63.0. The van der Waals surface area contributed by atoms with Crippen molar-refractivity contribution in [3.63, 3.8) is 0 Å². The summed E-state index contributed by atoms with van der Waals surface area (Å²) in [6, 6.07) is 83.9. The summed E-state index contributed by atoms with van der Waals surface area (Å²) >= 11 is 8.72. The smallest absolute Gasteiger partial charge is 0.399 e. The molecule has 2 amide bonds. The van der Waals surface area contributed by atoms with Crippen LogP contribution in [0.1, 0.15) is 22.3 Å². The van der Waals surface area contributed by atoms with Gasteiger partial charge in [-0.3, -0.25) is 0 Å². The first-order valence-corrected chi connectivity index (χ1v) is 38.1. The van der Waals surface area contributed by atoms with Crippen LogP contribution in [-0.2, 0) is 6.18 Å². The maximum Gasteiger partial charge on any atom is 0.416 e. The molecule has 0 saturated carbocycles. The van der Waals surface area contributed by atoms with E-state index < -0.39 is 29.3 Å². The lowest BCUT2D eigenvalue weighted by Gasteiger charge is -2.14. The molecular formula is C89H63BrF4N12OS3. The van der Waals surface area contributed by atoms with E-state index in [9.17, 15) is 22.4 Å². The number of aryl methyl sites for hydroxylation is 3. The summed E-state index contributed by atoms with van der Waals surface area (Å²) in [7, 11) is 0. The number of carbonyl (C=O) groups is 1. The number of nitrogens with two attached hydrogens (primary N) is 1. The highest BCUT2D eigenvalue weighted by Gasteiger charge is 2.31. The predicted octanol–water partition coefficient (Wildman–Crippen LogP) is 26.2. The van der Waals surface area contributed by atoms with Gasteiger partial charge in [-0.1, -0.05) is 107 Å². The summed E-state index contributed by atoms with van der Waals surface area (Å²) in [4.78, 5) is 40.7. The zero-order valence-electron chi connectivity index (χ0n) is 58.9. The molecule has 0 fully saturated rings. The molecule has 0 bridgehead atoms. The van der Waals surface area contributed by atoms with Gasteiger partial charge in [0.1, 0.15) is 38.3 Å². The molecule has 13 nitrogen and oxygen atoms in total. The fraction of sp³-hybridized carbons (Fsp3) is 0.0449. The number of urea groups is 1. The largest absolute Gasteiger partial charge is 0.416 e. The van der Waals surface area contributed by atoms with E-state index in [4.69, 9.17) is 20.7 Å². The van der Waals surface area contributed by atoms with Crippen LogP contribution < -0.4 is 32.3 Å². The average molecular weight is 1570 g/mol. The van der Waals surface area contributed by atoms with E-state index >= 15 is 0 Å². The van der Waals surface area contributed by atoms with Crippen LogP contribution >= 0.6 is 49.9 Å². The van der Waals surface area contributed by atoms with Crippen LogP contribution in [0.25, 0.3) is 117 Å². The van der Waals surface area contributed by atoms with Crippen molar-refractivity contribution in [3.05, 3.63) is 318 Å². The van der Waals surface area contributed by atoms with Gasteiger partial charge in [-0.25, -0.2) is 39.1 Å². The first-order valence-electron chi connectivity index (χ1n) is 34.9. The standard InChI is InChI=1S/C37H25F4N5OS.C29H22N4S.C23H16BrN3S/c1-21-8-15-31-33(18-21)48-35(45-31)22-9-12-25(13-10-22)43-34-29-7-3-6-27(28(29)16-17-42-34)23-4-2-5-26(19-23)44-36(47)46-32-20-24(37(39,40)41)11-14-30(32)38;1-18-8-13-26-27(16-18)34-29(33-26)19-9-11-22(12-10-19)32-28-25-7-3-6-23(24(25)14-15-31-28)20-4-2-5-21(30)17-20;1-14-5-10-20-21(13-14)28-23(27-20)15-6-8-16(9-7-15)26-22-18-3-2-4-19(24)17(18)11-12-25-22/h2-20H,1H3,(H,42,43)(H2,44,46,47);2-17H,30H2,1H3,(H,31,32);2-13H,1H3,(H,25,26). The Bertz CT molecular complexity index is 6510. The quantitative estimate of drug-likeness (QED) is 0.0478. The summed E-state index contributed by atoms with van der Waals surface area (Å²) in [5.41, 5.74) is 22.3. The fourth-order valence-electron chi connectivity index (χ4n) is 12.9. The number of nitrogens with zero attached hydrogens (tertiary/aromatic N) is 6. The van der Waals surface area contributed by atoms with Crippen molar-refractivity contribution < 1.29 is 22.4 Å². The number of nitrogens with one attached hydrogen (secondary N) is 5. The van der Waals surface area contributed by atoms with Crippen LogP contribution in [0.15, 0.2) is 290 Å². The van der Waals surface area contributed by atoms with Crippen molar-refractivity contribution in [2.75, 3.05) is 32.3 Å². The van der Waals surface area contributed by atoms with Crippen LogP contribution in [0, 0.1) is 26.6 Å². The molecule has 18 rings (SSSR count). The van der Waals surface area contributed by atoms with Crippen molar-refractivity contribution in [1.82, 2.24) is 29.9 Å². The van der Waals surface area contributed by atoms with Crippen molar-refractivity contribution in [2.45, 2.75) is 26.9 Å². The number of nitrogen functional groups attached to an aromatic ring is 1. The van der Waals surface area contributed by atoms with Crippen molar-refractivity contribution in [2.24, 2.45) is 0 Å². The molecule has 6 aromatic heterocycles. The van der Waals surface area contributed by atoms with Crippen LogP contribution in [0.4, 0.5) is 73.9 Å². The minimum Gasteiger partial charge on any atom is -0.399 e. The predicted molar refractivity (Wildman–Crippen MR) is 451 cm³/mol. The lowest BCUT2D eigenvalue weighted by molar-refractivity contribution is -0.137. The summed E-state index contributed by atoms with van der Waals surface area (Å²) in [5.74, 6) is 1.35. The van der Waals surface area contributed by atoms with Gasteiger partial charge in [-0.2, -0.15) is 13.2 Å². The molecule has 18 aromatic rings. The van der Waals surface area contributed by atoms with Gasteiger partial charge < -0.3 is 32.3 Å². The maximum absolute atomic E-state index is 14.2. The SMILES string of the molecule is Cc1ccc2nc(-c3ccc(Nc4nccc5c(-c6cccc(N)c6)cccc45)cc3)sc2c1.Cc1ccc2nc(-c3ccc(Nc4nccc5c(-c6cccc(NC(=O)Nc7cc(C(F)(F)F)ccc7F)c6)cccc45)cc3)sc2c1.Cc1ccc2nc(-c3ccc(Nc4nccc5c(Br)cccc45)cc3)sc2c1. The number of hydrogen-bond donors (Lipinski definition) is 6. The van der Waals surface area contributed by atoms with Gasteiger partial charge in [0.2, 0.25) is 0 Å². The molecule has 0 aliphatic rings. The minimum atomic E-state index is -4.68. The molecule has 110 heavy (non-hydrogen) atoms. The number of amides is 2. The molecule has 0 aliphatic heterocycles. The van der Waals surface area contributed by atoms with Crippen molar-refractivity contribution in [1.29, 1.82) is 0 Å². The molecule has 7 N–H and O–H groups in total. The Morgan fingerprint density at radius 3 is 1.25 bits per heavy atom. The third-order valence-electron chi connectivity index (χ3n) is 18.4.